The predicted octanol–water partition coefficient (Wildman–Crippen LogP) is 3.68. The van der Waals surface area contributed by atoms with Gasteiger partial charge >= 0.3 is 0 Å². The Hall–Kier alpha value is -1.02. The lowest BCUT2D eigenvalue weighted by Gasteiger charge is -2.37. The molecule has 0 unspecified atom stereocenters. The van der Waals surface area contributed by atoms with Gasteiger partial charge in [0.05, 0.1) is 6.26 Å². The summed E-state index contributed by atoms with van der Waals surface area (Å²) in [7, 11) is -3.13. The van der Waals surface area contributed by atoms with E-state index < -0.39 is 10.0 Å². The first-order valence-electron chi connectivity index (χ1n) is 11.9. The van der Waals surface area contributed by atoms with Crippen LogP contribution in [0.3, 0.4) is 0 Å². The maximum atomic E-state index is 14.0. The molecule has 1 N–H and O–H groups in total. The fourth-order valence-electron chi connectivity index (χ4n) is 5.11. The number of nitrogens with zero attached hydrogens (tertiary/aromatic N) is 2. The molecule has 2 heterocycles. The molecule has 0 aliphatic carbocycles. The van der Waals surface area contributed by atoms with E-state index in [9.17, 15) is 12.8 Å². The summed E-state index contributed by atoms with van der Waals surface area (Å²) in [5.41, 5.74) is 1.06. The number of benzene rings is 1. The van der Waals surface area contributed by atoms with Gasteiger partial charge in [0.1, 0.15) is 5.82 Å². The summed E-state index contributed by atoms with van der Waals surface area (Å²) in [6.07, 6.45) is 6.34. The Balaban J connectivity index is 1.57. The zero-order valence-electron chi connectivity index (χ0n) is 19.4. The van der Waals surface area contributed by atoms with Gasteiger partial charge < -0.3 is 10.2 Å². The molecule has 0 bridgehead atoms. The zero-order valence-corrected chi connectivity index (χ0v) is 20.2. The molecule has 2 saturated heterocycles. The lowest BCUT2D eigenvalue weighted by atomic mass is 9.78. The number of likely N-dealkylation sites (tertiary alicyclic amines) is 1. The molecular formula is C24H40FN3O2S. The van der Waals surface area contributed by atoms with Gasteiger partial charge in [-0.05, 0) is 93.7 Å². The Morgan fingerprint density at radius 2 is 1.77 bits per heavy atom. The molecule has 0 spiro atoms. The minimum atomic E-state index is -3.13. The summed E-state index contributed by atoms with van der Waals surface area (Å²) in [6, 6.07) is 7.64. The molecule has 0 saturated carbocycles. The highest BCUT2D eigenvalue weighted by Crippen LogP contribution is 2.36. The van der Waals surface area contributed by atoms with E-state index >= 15 is 0 Å². The van der Waals surface area contributed by atoms with Crippen molar-refractivity contribution in [1.82, 2.24) is 14.5 Å². The van der Waals surface area contributed by atoms with Crippen LogP contribution in [0.25, 0.3) is 0 Å². The van der Waals surface area contributed by atoms with Crippen LogP contribution in [0.1, 0.15) is 57.4 Å². The van der Waals surface area contributed by atoms with Crippen LogP contribution in [-0.2, 0) is 10.0 Å². The second-order valence-corrected chi connectivity index (χ2v) is 11.9. The Morgan fingerprint density at radius 3 is 2.35 bits per heavy atom. The van der Waals surface area contributed by atoms with E-state index in [4.69, 9.17) is 0 Å². The topological polar surface area (TPSA) is 52.6 Å². The Bertz CT molecular complexity index is 786. The summed E-state index contributed by atoms with van der Waals surface area (Å²) < 4.78 is 39.3. The van der Waals surface area contributed by atoms with Crippen LogP contribution < -0.4 is 5.32 Å². The van der Waals surface area contributed by atoms with Crippen molar-refractivity contribution >= 4 is 10.0 Å². The monoisotopic (exact) mass is 453 g/mol. The van der Waals surface area contributed by atoms with E-state index in [0.717, 1.165) is 51.0 Å². The molecule has 3 rings (SSSR count). The average Bonchev–Trinajstić information content (AvgIpc) is 2.73. The maximum absolute atomic E-state index is 14.0. The smallest absolute Gasteiger partial charge is 0.211 e. The van der Waals surface area contributed by atoms with Gasteiger partial charge in [-0.25, -0.2) is 17.1 Å². The zero-order chi connectivity index (χ0) is 22.4. The lowest BCUT2D eigenvalue weighted by molar-refractivity contribution is 0.174. The first kappa shape index (κ1) is 24.6. The van der Waals surface area contributed by atoms with E-state index in [0.29, 0.717) is 31.0 Å². The molecular weight excluding hydrogens is 413 g/mol. The van der Waals surface area contributed by atoms with Crippen LogP contribution in [0.15, 0.2) is 24.3 Å². The molecule has 2 fully saturated rings. The van der Waals surface area contributed by atoms with Crippen molar-refractivity contribution in [3.63, 3.8) is 0 Å². The minimum Gasteiger partial charge on any atom is -0.314 e. The fourth-order valence-corrected chi connectivity index (χ4v) is 5.98. The fraction of sp³-hybridized carbons (Fsp3) is 0.750. The molecule has 0 aromatic heterocycles. The van der Waals surface area contributed by atoms with Crippen molar-refractivity contribution in [2.45, 2.75) is 57.9 Å². The highest BCUT2D eigenvalue weighted by molar-refractivity contribution is 7.88. The molecule has 7 heteroatoms. The third-order valence-electron chi connectivity index (χ3n) is 6.97. The van der Waals surface area contributed by atoms with Crippen LogP contribution in [0.5, 0.6) is 0 Å². The van der Waals surface area contributed by atoms with Gasteiger partial charge in [-0.1, -0.05) is 26.0 Å². The van der Waals surface area contributed by atoms with Crippen LogP contribution in [0, 0.1) is 17.7 Å². The molecule has 2 aliphatic rings. The number of piperidine rings is 2. The van der Waals surface area contributed by atoms with E-state index in [1.807, 2.05) is 6.07 Å². The van der Waals surface area contributed by atoms with E-state index in [1.54, 1.807) is 16.4 Å². The highest BCUT2D eigenvalue weighted by atomic mass is 32.2. The van der Waals surface area contributed by atoms with Crippen molar-refractivity contribution < 1.29 is 12.8 Å². The molecule has 0 radical (unpaired) electrons. The summed E-state index contributed by atoms with van der Waals surface area (Å²) in [5, 5.41) is 3.68. The van der Waals surface area contributed by atoms with Gasteiger partial charge in [0.25, 0.3) is 0 Å². The van der Waals surface area contributed by atoms with Crippen molar-refractivity contribution in [2.24, 2.45) is 11.8 Å². The van der Waals surface area contributed by atoms with Gasteiger partial charge in [0.2, 0.25) is 10.0 Å². The van der Waals surface area contributed by atoms with E-state index in [-0.39, 0.29) is 11.7 Å². The second kappa shape index (κ2) is 11.2. The third-order valence-corrected chi connectivity index (χ3v) is 8.28. The maximum Gasteiger partial charge on any atom is 0.211 e. The SMILES string of the molecule is CC(C)CNC1CCN(CC[C@@H](c2cccc(F)c2)C2CCN(S(C)(=O)=O)CC2)CC1. The Morgan fingerprint density at radius 1 is 1.10 bits per heavy atom. The Labute approximate surface area is 188 Å². The highest BCUT2D eigenvalue weighted by Gasteiger charge is 2.31. The lowest BCUT2D eigenvalue weighted by Crippen LogP contribution is -2.44. The first-order valence-corrected chi connectivity index (χ1v) is 13.7. The molecule has 1 atom stereocenters. The summed E-state index contributed by atoms with van der Waals surface area (Å²) >= 11 is 0. The third kappa shape index (κ3) is 7.52. The number of nitrogens with one attached hydrogen (secondary N) is 1. The number of rotatable bonds is 9. The van der Waals surface area contributed by atoms with Gasteiger partial charge in [0.15, 0.2) is 0 Å². The van der Waals surface area contributed by atoms with E-state index in [1.165, 1.54) is 25.2 Å². The van der Waals surface area contributed by atoms with Crippen LogP contribution in [-0.4, -0.2) is 69.2 Å². The standard InChI is InChI=1S/C24H40FN3O2S/c1-19(2)18-26-23-9-12-27(13-10-23)14-11-24(21-5-4-6-22(25)17-21)20-7-15-28(16-8-20)31(3,29)30/h4-6,17,19-20,23-24,26H,7-16,18H2,1-3H3/t24-/m1/s1. The number of hydrogen-bond donors (Lipinski definition) is 1. The molecule has 176 valence electrons. The molecule has 2 aliphatic heterocycles. The Kier molecular flexibility index (Phi) is 8.91. The largest absolute Gasteiger partial charge is 0.314 e. The predicted molar refractivity (Wildman–Crippen MR) is 125 cm³/mol. The van der Waals surface area contributed by atoms with Gasteiger partial charge in [-0.15, -0.1) is 0 Å². The summed E-state index contributed by atoms with van der Waals surface area (Å²) in [4.78, 5) is 2.55. The van der Waals surface area contributed by atoms with Crippen LogP contribution in [0.2, 0.25) is 0 Å². The molecule has 31 heavy (non-hydrogen) atoms. The molecule has 0 amide bonds. The molecule has 5 nitrogen and oxygen atoms in total. The van der Waals surface area contributed by atoms with Crippen molar-refractivity contribution in [3.05, 3.63) is 35.6 Å². The quantitative estimate of drug-likeness (QED) is 0.620. The summed E-state index contributed by atoms with van der Waals surface area (Å²) in [6.45, 7) is 9.95. The van der Waals surface area contributed by atoms with Gasteiger partial charge in [0, 0.05) is 19.1 Å². The average molecular weight is 454 g/mol. The van der Waals surface area contributed by atoms with Crippen LogP contribution in [0.4, 0.5) is 4.39 Å². The first-order chi connectivity index (χ1) is 14.7. The number of sulfonamides is 1. The molecule has 1 aromatic rings. The minimum absolute atomic E-state index is 0.187. The molecule has 1 aromatic carbocycles. The second-order valence-electron chi connectivity index (χ2n) is 9.87. The number of halogens is 1. The van der Waals surface area contributed by atoms with Crippen molar-refractivity contribution in [1.29, 1.82) is 0 Å². The van der Waals surface area contributed by atoms with Gasteiger partial charge in [-0.2, -0.15) is 0 Å². The van der Waals surface area contributed by atoms with Gasteiger partial charge in [-0.3, -0.25) is 0 Å². The van der Waals surface area contributed by atoms with E-state index in [2.05, 4.69) is 24.1 Å². The van der Waals surface area contributed by atoms with Crippen molar-refractivity contribution in [2.75, 3.05) is 45.5 Å². The van der Waals surface area contributed by atoms with Crippen molar-refractivity contribution in [3.8, 4) is 0 Å². The summed E-state index contributed by atoms with van der Waals surface area (Å²) in [5.74, 6) is 1.16. The number of hydrogen-bond acceptors (Lipinski definition) is 4. The normalized spacial score (nSPS) is 21.6. The van der Waals surface area contributed by atoms with Crippen LogP contribution >= 0.6 is 0 Å².